The van der Waals surface area contributed by atoms with Gasteiger partial charge in [0.05, 0.1) is 0 Å². The van der Waals surface area contributed by atoms with Gasteiger partial charge in [0.1, 0.15) is 12.4 Å². The van der Waals surface area contributed by atoms with Crippen molar-refractivity contribution in [3.05, 3.63) is 102 Å². The quantitative estimate of drug-likeness (QED) is 0.179. The fourth-order valence-electron chi connectivity index (χ4n) is 3.66. The number of carbonyl (C=O) groups excluding carboxylic acids is 2. The molecule has 0 spiro atoms. The first kappa shape index (κ1) is 26.8. The number of para-hydroxylation sites is 1. The largest absolute Gasteiger partial charge is 0.445 e. The lowest BCUT2D eigenvalue weighted by molar-refractivity contribution is 0.139. The van der Waals surface area contributed by atoms with Crippen molar-refractivity contribution in [1.82, 2.24) is 15.5 Å². The van der Waals surface area contributed by atoms with E-state index >= 15 is 0 Å². The second-order valence-corrected chi connectivity index (χ2v) is 8.44. The van der Waals surface area contributed by atoms with Gasteiger partial charge in [-0.3, -0.25) is 4.90 Å². The van der Waals surface area contributed by atoms with Crippen LogP contribution in [0.1, 0.15) is 30.4 Å². The van der Waals surface area contributed by atoms with Crippen LogP contribution in [0, 0.1) is 0 Å². The van der Waals surface area contributed by atoms with Crippen LogP contribution in [-0.4, -0.2) is 43.3 Å². The van der Waals surface area contributed by atoms with E-state index in [0.29, 0.717) is 18.8 Å². The maximum atomic E-state index is 12.0. The molecule has 0 heterocycles. The third-order valence-electron chi connectivity index (χ3n) is 5.51. The summed E-state index contributed by atoms with van der Waals surface area (Å²) in [7, 11) is 0. The molecule has 0 aliphatic heterocycles. The fraction of sp³-hybridized carbons (Fsp3) is 0.310. The molecule has 2 N–H and O–H groups in total. The Hall–Kier alpha value is -3.84. The highest BCUT2D eigenvalue weighted by Gasteiger charge is 2.08. The molecule has 0 radical (unpaired) electrons. The van der Waals surface area contributed by atoms with Crippen LogP contribution in [0.4, 0.5) is 9.59 Å². The van der Waals surface area contributed by atoms with Gasteiger partial charge in [-0.15, -0.1) is 0 Å². The molecule has 0 bridgehead atoms. The average Bonchev–Trinajstić information content (AvgIpc) is 2.91. The van der Waals surface area contributed by atoms with E-state index in [1.165, 1.54) is 5.56 Å². The Morgan fingerprint density at radius 2 is 1.19 bits per heavy atom. The van der Waals surface area contributed by atoms with Crippen molar-refractivity contribution in [1.29, 1.82) is 0 Å². The summed E-state index contributed by atoms with van der Waals surface area (Å²) in [5, 5.41) is 5.63. The normalized spacial score (nSPS) is 10.6. The van der Waals surface area contributed by atoms with Crippen LogP contribution < -0.4 is 15.4 Å². The molecular formula is C29H35N3O4. The van der Waals surface area contributed by atoms with Gasteiger partial charge in [-0.2, -0.15) is 0 Å². The lowest BCUT2D eigenvalue weighted by Crippen LogP contribution is -2.32. The van der Waals surface area contributed by atoms with E-state index in [9.17, 15) is 9.59 Å². The third kappa shape index (κ3) is 11.1. The molecule has 0 aliphatic rings. The summed E-state index contributed by atoms with van der Waals surface area (Å²) in [4.78, 5) is 26.3. The van der Waals surface area contributed by atoms with Crippen LogP contribution >= 0.6 is 0 Å². The Balaban J connectivity index is 1.33. The molecule has 36 heavy (non-hydrogen) atoms. The number of carbonyl (C=O) groups is 2. The number of rotatable bonds is 14. The molecule has 0 aromatic heterocycles. The van der Waals surface area contributed by atoms with Gasteiger partial charge in [0.2, 0.25) is 0 Å². The molecule has 7 nitrogen and oxygen atoms in total. The minimum absolute atomic E-state index is 0.268. The summed E-state index contributed by atoms with van der Waals surface area (Å²) in [6, 6.07) is 29.0. The molecule has 2 amide bonds. The summed E-state index contributed by atoms with van der Waals surface area (Å²) in [6.07, 6.45) is 1.76. The predicted molar refractivity (Wildman–Crippen MR) is 141 cm³/mol. The first-order chi connectivity index (χ1) is 17.7. The van der Waals surface area contributed by atoms with E-state index in [4.69, 9.17) is 9.47 Å². The molecule has 3 aromatic carbocycles. The smallest absolute Gasteiger partial charge is 0.412 e. The van der Waals surface area contributed by atoms with E-state index in [2.05, 4.69) is 27.7 Å². The van der Waals surface area contributed by atoms with E-state index in [-0.39, 0.29) is 6.61 Å². The summed E-state index contributed by atoms with van der Waals surface area (Å²) < 4.78 is 10.5. The topological polar surface area (TPSA) is 79.9 Å². The van der Waals surface area contributed by atoms with Crippen molar-refractivity contribution in [3.8, 4) is 5.75 Å². The highest BCUT2D eigenvalue weighted by atomic mass is 16.6. The number of alkyl carbamates (subject to hydrolysis) is 1. The van der Waals surface area contributed by atoms with Crippen molar-refractivity contribution < 1.29 is 19.1 Å². The van der Waals surface area contributed by atoms with Crippen LogP contribution in [0.5, 0.6) is 5.75 Å². The second-order valence-electron chi connectivity index (χ2n) is 8.44. The molecule has 0 fully saturated rings. The van der Waals surface area contributed by atoms with E-state index in [1.807, 2.05) is 66.7 Å². The molecule has 0 saturated carbocycles. The molecule has 0 atom stereocenters. The molecular weight excluding hydrogens is 459 g/mol. The Kier molecular flexibility index (Phi) is 11.9. The number of hydrogen-bond donors (Lipinski definition) is 2. The number of amides is 2. The van der Waals surface area contributed by atoms with Gasteiger partial charge in [0, 0.05) is 26.2 Å². The summed E-state index contributed by atoms with van der Waals surface area (Å²) in [6.45, 7) is 3.94. The van der Waals surface area contributed by atoms with E-state index < -0.39 is 12.2 Å². The predicted octanol–water partition coefficient (Wildman–Crippen LogP) is 5.37. The van der Waals surface area contributed by atoms with Crippen LogP contribution in [0.15, 0.2) is 91.0 Å². The zero-order valence-electron chi connectivity index (χ0n) is 20.6. The zero-order chi connectivity index (χ0) is 25.3. The SMILES string of the molecule is O=C([15NH][13CH2]CC[13CH2][15N](CCC[15NH]C(=O)Oc1ccccc1)Cc1ccccc1)OCc1ccccc1. The lowest BCUT2D eigenvalue weighted by Gasteiger charge is -2.22. The van der Waals surface area contributed by atoms with Crippen molar-refractivity contribution in [3.63, 3.8) is 0 Å². The Bertz CT molecular complexity index is 1020. The Morgan fingerprint density at radius 1 is 0.639 bits per heavy atom. The first-order valence-electron chi connectivity index (χ1n) is 12.4. The van der Waals surface area contributed by atoms with Crippen LogP contribution in [0.3, 0.4) is 0 Å². The van der Waals surface area contributed by atoms with Gasteiger partial charge in [-0.05, 0) is 49.1 Å². The number of ether oxygens (including phenoxy) is 2. The van der Waals surface area contributed by atoms with Crippen molar-refractivity contribution >= 4 is 12.2 Å². The van der Waals surface area contributed by atoms with Crippen molar-refractivity contribution in [2.45, 2.75) is 32.4 Å². The summed E-state index contributed by atoms with van der Waals surface area (Å²) in [5.41, 5.74) is 2.21. The lowest BCUT2D eigenvalue weighted by atomic mass is 10.2. The molecule has 0 saturated heterocycles. The van der Waals surface area contributed by atoms with Crippen LogP contribution in [0.25, 0.3) is 0 Å². The minimum atomic E-state index is -0.443. The highest BCUT2D eigenvalue weighted by molar-refractivity contribution is 5.70. The average molecular weight is 495 g/mol. The molecule has 3 aromatic rings. The number of unbranched alkanes of at least 4 members (excludes halogenated alkanes) is 1. The molecule has 0 unspecified atom stereocenters. The third-order valence-corrected chi connectivity index (χ3v) is 5.51. The fourth-order valence-corrected chi connectivity index (χ4v) is 3.66. The maximum Gasteiger partial charge on any atom is 0.412 e. The molecule has 190 valence electrons. The van der Waals surface area contributed by atoms with E-state index in [1.54, 1.807) is 12.1 Å². The standard InChI is InChI=1S/C29H35N3O4/c33-28(35-24-26-15-6-2-7-16-26)30-19-10-11-21-32(23-25-13-4-1-5-14-25)22-12-20-31-29(34)36-27-17-8-3-9-18-27/h1-9,13-18H,10-12,19-24H2,(H,30,33)(H,31,34)/i19+1,21+1,30+1,31+1,32+1. The number of benzene rings is 3. The van der Waals surface area contributed by atoms with Gasteiger partial charge < -0.3 is 20.1 Å². The minimum Gasteiger partial charge on any atom is -0.445 e. The van der Waals surface area contributed by atoms with Gasteiger partial charge in [0.15, 0.2) is 0 Å². The zero-order valence-corrected chi connectivity index (χ0v) is 20.6. The van der Waals surface area contributed by atoms with Gasteiger partial charge in [-0.1, -0.05) is 78.9 Å². The van der Waals surface area contributed by atoms with Gasteiger partial charge in [-0.25, -0.2) is 9.59 Å². The summed E-state index contributed by atoms with van der Waals surface area (Å²) in [5.74, 6) is 0.526. The van der Waals surface area contributed by atoms with Gasteiger partial charge >= 0.3 is 12.2 Å². The molecule has 3 rings (SSSR count). The van der Waals surface area contributed by atoms with Crippen LogP contribution in [-0.2, 0) is 17.9 Å². The summed E-state index contributed by atoms with van der Waals surface area (Å²) >= 11 is 0. The van der Waals surface area contributed by atoms with Crippen molar-refractivity contribution in [2.75, 3.05) is 26.2 Å². The second kappa shape index (κ2) is 15.9. The molecule has 0 aliphatic carbocycles. The van der Waals surface area contributed by atoms with Gasteiger partial charge in [0.25, 0.3) is 0 Å². The van der Waals surface area contributed by atoms with E-state index in [0.717, 1.165) is 44.5 Å². The number of nitrogens with zero attached hydrogens (tertiary/aromatic N) is 1. The van der Waals surface area contributed by atoms with Crippen LogP contribution in [0.2, 0.25) is 0 Å². The highest BCUT2D eigenvalue weighted by Crippen LogP contribution is 2.09. The number of nitrogens with one attached hydrogen (secondary N) is 2. The Labute approximate surface area is 213 Å². The monoisotopic (exact) mass is 494 g/mol. The number of hydrogen-bond acceptors (Lipinski definition) is 5. The van der Waals surface area contributed by atoms with Crippen molar-refractivity contribution in [2.24, 2.45) is 0 Å². The maximum absolute atomic E-state index is 12.0. The first-order valence-corrected chi connectivity index (χ1v) is 12.4. The molecule has 7 heteroatoms. The Morgan fingerprint density at radius 3 is 1.89 bits per heavy atom.